The Morgan fingerprint density at radius 1 is 1.50 bits per heavy atom. The van der Waals surface area contributed by atoms with Crippen LogP contribution in [0.25, 0.3) is 0 Å². The third kappa shape index (κ3) is 3.30. The number of carbonyl (C=O) groups is 1. The summed E-state index contributed by atoms with van der Waals surface area (Å²) in [6, 6.07) is 2.19. The van der Waals surface area contributed by atoms with Crippen LogP contribution < -0.4 is 10.6 Å². The highest BCUT2D eigenvalue weighted by Gasteiger charge is 2.16. The maximum absolute atomic E-state index is 11.9. The van der Waals surface area contributed by atoms with Crippen molar-refractivity contribution in [3.05, 3.63) is 20.8 Å². The van der Waals surface area contributed by atoms with Gasteiger partial charge in [0.15, 0.2) is 0 Å². The smallest absolute Gasteiger partial charge is 0.252 e. The normalized spacial score (nSPS) is 21.4. The Hall–Kier alpha value is -0.390. The zero-order chi connectivity index (χ0) is 11.4. The van der Waals surface area contributed by atoms with Crippen molar-refractivity contribution >= 4 is 33.2 Å². The third-order valence-electron chi connectivity index (χ3n) is 2.74. The Kier molecular flexibility index (Phi) is 4.37. The van der Waals surface area contributed by atoms with Crippen LogP contribution in [0.1, 0.15) is 29.6 Å². The fourth-order valence-electron chi connectivity index (χ4n) is 1.86. The summed E-state index contributed by atoms with van der Waals surface area (Å²) in [5.41, 5.74) is 0.758. The van der Waals surface area contributed by atoms with Crippen molar-refractivity contribution < 1.29 is 4.79 Å². The van der Waals surface area contributed by atoms with Crippen molar-refractivity contribution in [2.75, 3.05) is 13.1 Å². The van der Waals surface area contributed by atoms with Gasteiger partial charge in [0.05, 0.1) is 9.35 Å². The third-order valence-corrected chi connectivity index (χ3v) is 4.25. The molecule has 3 nitrogen and oxygen atoms in total. The van der Waals surface area contributed by atoms with Gasteiger partial charge in [-0.2, -0.15) is 0 Å². The van der Waals surface area contributed by atoms with Gasteiger partial charge in [0, 0.05) is 11.4 Å². The highest BCUT2D eigenvalue weighted by Crippen LogP contribution is 2.20. The molecule has 0 saturated carbocycles. The van der Waals surface area contributed by atoms with Crippen LogP contribution in [0.5, 0.6) is 0 Å². The van der Waals surface area contributed by atoms with E-state index < -0.39 is 0 Å². The summed E-state index contributed by atoms with van der Waals surface area (Å²) in [6.07, 6.45) is 3.24. The van der Waals surface area contributed by atoms with Gasteiger partial charge >= 0.3 is 0 Å². The number of rotatable bonds is 2. The minimum atomic E-state index is 0.0499. The first-order valence-corrected chi connectivity index (χ1v) is 7.18. The van der Waals surface area contributed by atoms with Gasteiger partial charge in [0.25, 0.3) is 5.91 Å². The summed E-state index contributed by atoms with van der Waals surface area (Å²) in [7, 11) is 0. The van der Waals surface area contributed by atoms with Crippen molar-refractivity contribution in [3.63, 3.8) is 0 Å². The largest absolute Gasteiger partial charge is 0.349 e. The highest BCUT2D eigenvalue weighted by molar-refractivity contribution is 9.11. The molecular weight excluding hydrogens is 288 g/mol. The molecule has 1 aromatic heterocycles. The standard InChI is InChI=1S/C11H15BrN2OS/c12-10-6-8(7-16-10)11(15)14-9-2-1-4-13-5-3-9/h6-7,9,13H,1-5H2,(H,14,15). The Balaban J connectivity index is 1.90. The summed E-state index contributed by atoms with van der Waals surface area (Å²) in [5, 5.41) is 8.32. The van der Waals surface area contributed by atoms with E-state index in [-0.39, 0.29) is 5.91 Å². The lowest BCUT2D eigenvalue weighted by Gasteiger charge is -2.15. The Labute approximate surface area is 108 Å². The van der Waals surface area contributed by atoms with Gasteiger partial charge in [-0.25, -0.2) is 0 Å². The first kappa shape index (κ1) is 12.1. The van der Waals surface area contributed by atoms with Crippen molar-refractivity contribution in [1.29, 1.82) is 0 Å². The zero-order valence-corrected chi connectivity index (χ0v) is 11.4. The number of thiophene rings is 1. The second-order valence-corrected chi connectivity index (χ2v) is 6.28. The SMILES string of the molecule is O=C(NC1CCCNCC1)c1csc(Br)c1. The van der Waals surface area contributed by atoms with Crippen molar-refractivity contribution in [1.82, 2.24) is 10.6 Å². The van der Waals surface area contributed by atoms with Crippen LogP contribution in [0.2, 0.25) is 0 Å². The van der Waals surface area contributed by atoms with E-state index in [1.54, 1.807) is 11.3 Å². The lowest BCUT2D eigenvalue weighted by Crippen LogP contribution is -2.35. The molecule has 1 atom stereocenters. The van der Waals surface area contributed by atoms with Crippen LogP contribution in [0, 0.1) is 0 Å². The molecule has 0 bridgehead atoms. The molecule has 1 unspecified atom stereocenters. The minimum absolute atomic E-state index is 0.0499. The molecule has 1 aliphatic heterocycles. The first-order valence-electron chi connectivity index (χ1n) is 5.51. The van der Waals surface area contributed by atoms with Crippen LogP contribution in [0.3, 0.4) is 0 Å². The second-order valence-electron chi connectivity index (χ2n) is 3.99. The highest BCUT2D eigenvalue weighted by atomic mass is 79.9. The fourth-order valence-corrected chi connectivity index (χ4v) is 3.00. The average molecular weight is 303 g/mol. The Bertz CT molecular complexity index is 359. The first-order chi connectivity index (χ1) is 7.75. The monoisotopic (exact) mass is 302 g/mol. The van der Waals surface area contributed by atoms with Crippen molar-refractivity contribution in [2.24, 2.45) is 0 Å². The van der Waals surface area contributed by atoms with Gasteiger partial charge in [0.2, 0.25) is 0 Å². The maximum atomic E-state index is 11.9. The maximum Gasteiger partial charge on any atom is 0.252 e. The van der Waals surface area contributed by atoms with E-state index in [0.717, 1.165) is 41.7 Å². The summed E-state index contributed by atoms with van der Waals surface area (Å²) >= 11 is 4.91. The molecule has 0 aromatic carbocycles. The van der Waals surface area contributed by atoms with Crippen LogP contribution in [0.4, 0.5) is 0 Å². The van der Waals surface area contributed by atoms with Crippen molar-refractivity contribution in [2.45, 2.75) is 25.3 Å². The molecule has 1 saturated heterocycles. The Morgan fingerprint density at radius 2 is 2.38 bits per heavy atom. The van der Waals surface area contributed by atoms with Gasteiger partial charge in [-0.1, -0.05) is 0 Å². The number of nitrogens with one attached hydrogen (secondary N) is 2. The fraction of sp³-hybridized carbons (Fsp3) is 0.545. The second kappa shape index (κ2) is 5.80. The van der Waals surface area contributed by atoms with E-state index in [9.17, 15) is 4.79 Å². The molecule has 16 heavy (non-hydrogen) atoms. The number of halogens is 1. The molecule has 0 aliphatic carbocycles. The van der Waals surface area contributed by atoms with E-state index in [1.807, 2.05) is 11.4 Å². The minimum Gasteiger partial charge on any atom is -0.349 e. The zero-order valence-electron chi connectivity index (χ0n) is 8.96. The molecule has 1 fully saturated rings. The number of hydrogen-bond acceptors (Lipinski definition) is 3. The van der Waals surface area contributed by atoms with E-state index >= 15 is 0 Å². The number of amides is 1. The quantitative estimate of drug-likeness (QED) is 0.881. The van der Waals surface area contributed by atoms with Crippen LogP contribution in [-0.4, -0.2) is 25.0 Å². The predicted octanol–water partition coefficient (Wildman–Crippen LogP) is 2.38. The van der Waals surface area contributed by atoms with Gasteiger partial charge in [0.1, 0.15) is 0 Å². The molecule has 2 rings (SSSR count). The molecule has 1 aliphatic rings. The molecule has 2 heterocycles. The number of hydrogen-bond donors (Lipinski definition) is 2. The van der Waals surface area contributed by atoms with Crippen LogP contribution in [0.15, 0.2) is 15.2 Å². The molecule has 2 N–H and O–H groups in total. The molecule has 1 aromatic rings. The van der Waals surface area contributed by atoms with Gasteiger partial charge < -0.3 is 10.6 Å². The van der Waals surface area contributed by atoms with Gasteiger partial charge in [-0.3, -0.25) is 4.79 Å². The molecule has 0 spiro atoms. The van der Waals surface area contributed by atoms with Crippen LogP contribution >= 0.6 is 27.3 Å². The summed E-state index contributed by atoms with van der Waals surface area (Å²) in [4.78, 5) is 11.9. The van der Waals surface area contributed by atoms with Crippen molar-refractivity contribution in [3.8, 4) is 0 Å². The molecule has 5 heteroatoms. The van der Waals surface area contributed by atoms with E-state index in [4.69, 9.17) is 0 Å². The van der Waals surface area contributed by atoms with E-state index in [1.165, 1.54) is 0 Å². The predicted molar refractivity (Wildman–Crippen MR) is 70.0 cm³/mol. The summed E-state index contributed by atoms with van der Waals surface area (Å²) in [6.45, 7) is 2.06. The van der Waals surface area contributed by atoms with E-state index in [0.29, 0.717) is 6.04 Å². The van der Waals surface area contributed by atoms with E-state index in [2.05, 4.69) is 26.6 Å². The van der Waals surface area contributed by atoms with Gasteiger partial charge in [-0.15, -0.1) is 11.3 Å². The summed E-state index contributed by atoms with van der Waals surface area (Å²) in [5.74, 6) is 0.0499. The topological polar surface area (TPSA) is 41.1 Å². The summed E-state index contributed by atoms with van der Waals surface area (Å²) < 4.78 is 1.00. The molecule has 1 amide bonds. The molecular formula is C11H15BrN2OS. The van der Waals surface area contributed by atoms with Gasteiger partial charge in [-0.05, 0) is 54.3 Å². The molecule has 88 valence electrons. The van der Waals surface area contributed by atoms with Crippen LogP contribution in [-0.2, 0) is 0 Å². The molecule has 0 radical (unpaired) electrons. The Morgan fingerprint density at radius 3 is 3.12 bits per heavy atom. The lowest BCUT2D eigenvalue weighted by atomic mass is 10.1. The average Bonchev–Trinajstić information content (AvgIpc) is 2.54. The number of carbonyl (C=O) groups excluding carboxylic acids is 1. The lowest BCUT2D eigenvalue weighted by molar-refractivity contribution is 0.0934.